The van der Waals surface area contributed by atoms with Gasteiger partial charge in [0, 0.05) is 49.0 Å². The van der Waals surface area contributed by atoms with Crippen LogP contribution in [0.5, 0.6) is 23.3 Å². The molecule has 0 aliphatic carbocycles. The maximum atomic E-state index is 13.8. The number of unbranched alkanes of at least 4 members (excludes halogenated alkanes) is 1. The van der Waals surface area contributed by atoms with Crippen molar-refractivity contribution in [1.82, 2.24) is 9.13 Å². The lowest BCUT2D eigenvalue weighted by molar-refractivity contribution is -0.385. The number of hydrogen-bond donors (Lipinski definition) is 0. The second-order valence-corrected chi connectivity index (χ2v) is 11.3. The molecule has 0 amide bonds. The first-order valence-electron chi connectivity index (χ1n) is 15.3. The molecule has 4 heterocycles. The van der Waals surface area contributed by atoms with Crippen LogP contribution in [-0.4, -0.2) is 25.1 Å². The maximum Gasteiger partial charge on any atom is 0.613 e. The van der Waals surface area contributed by atoms with Crippen LogP contribution in [0.25, 0.3) is 0 Å². The summed E-state index contributed by atoms with van der Waals surface area (Å²) < 4.78 is 27.3. The molecule has 2 aromatic carbocycles. The molecule has 1 atom stereocenters. The number of nitrogens with zero attached hydrogens (tertiary/aromatic N) is 10. The first-order valence-corrected chi connectivity index (χ1v) is 15.3. The Morgan fingerprint density at radius 2 is 1.25 bits per heavy atom. The van der Waals surface area contributed by atoms with Crippen LogP contribution in [0.4, 0.5) is 34.1 Å². The fourth-order valence-corrected chi connectivity index (χ4v) is 5.30. The van der Waals surface area contributed by atoms with E-state index >= 15 is 0 Å². The topological polar surface area (TPSA) is 264 Å². The van der Waals surface area contributed by atoms with Crippen molar-refractivity contribution < 1.29 is 28.8 Å². The molecule has 0 N–H and O–H groups in total. The number of rotatable bonds is 5. The summed E-state index contributed by atoms with van der Waals surface area (Å²) in [4.78, 5) is 49.4. The maximum absolute atomic E-state index is 13.8. The van der Waals surface area contributed by atoms with Gasteiger partial charge in [-0.2, -0.15) is 10.5 Å². The lowest BCUT2D eigenvalue weighted by Crippen LogP contribution is -2.55. The Kier molecular flexibility index (Phi) is 8.66. The third-order valence-corrected chi connectivity index (χ3v) is 8.09. The van der Waals surface area contributed by atoms with Crippen LogP contribution in [0.2, 0.25) is 0 Å². The second kappa shape index (κ2) is 13.1. The number of nitro groups is 2. The molecule has 0 bridgehead atoms. The van der Waals surface area contributed by atoms with Gasteiger partial charge in [-0.1, -0.05) is 13.3 Å². The Morgan fingerprint density at radius 3 is 1.73 bits per heavy atom. The Balaban J connectivity index is 1.77. The van der Waals surface area contributed by atoms with Gasteiger partial charge in [-0.25, -0.2) is 0 Å². The summed E-state index contributed by atoms with van der Waals surface area (Å²) >= 11 is 0. The van der Waals surface area contributed by atoms with E-state index in [9.17, 15) is 40.3 Å². The van der Waals surface area contributed by atoms with E-state index in [-0.39, 0.29) is 63.0 Å². The zero-order chi connectivity index (χ0) is 37.5. The highest BCUT2D eigenvalue weighted by molar-refractivity contribution is 5.64. The van der Waals surface area contributed by atoms with Crippen molar-refractivity contribution in [1.29, 1.82) is 10.5 Å². The molecule has 52 heavy (non-hydrogen) atoms. The predicted molar refractivity (Wildman–Crippen MR) is 176 cm³/mol. The summed E-state index contributed by atoms with van der Waals surface area (Å²) in [5, 5.41) is 60.1. The first-order chi connectivity index (χ1) is 24.8. The van der Waals surface area contributed by atoms with Gasteiger partial charge in [0.2, 0.25) is 11.8 Å². The summed E-state index contributed by atoms with van der Waals surface area (Å²) in [7, 11) is 1.24. The standard InChI is InChI=1S/C32H24N10O10/c1-5-6-11-40-29(44)21(15-34)17(3)27-31(40)52-32(50-25-10-8-19(42(47)48)13-23(25)36-38-27)49-24-9-7-18(41(45)46)12-22(24)35-37-26-16(2)20(14-33)28(43)39(4)30(26)51-32/h7-10,12-13H,5-6,11H2,1-4H3. The van der Waals surface area contributed by atoms with E-state index in [1.54, 1.807) is 0 Å². The molecule has 6 rings (SSSR count). The minimum atomic E-state index is -3.00. The minimum absolute atomic E-state index is 0.00719. The van der Waals surface area contributed by atoms with Crippen molar-refractivity contribution in [3.63, 3.8) is 0 Å². The number of fused-ring (bicyclic) bond motifs is 4. The van der Waals surface area contributed by atoms with Crippen molar-refractivity contribution >= 4 is 34.1 Å². The Morgan fingerprint density at radius 1 is 0.769 bits per heavy atom. The van der Waals surface area contributed by atoms with E-state index in [1.807, 2.05) is 19.1 Å². The van der Waals surface area contributed by atoms with Crippen molar-refractivity contribution in [3.8, 4) is 35.4 Å². The number of nitriles is 2. The molecule has 2 aliphatic rings. The number of pyridine rings is 2. The van der Waals surface area contributed by atoms with E-state index in [0.717, 1.165) is 45.5 Å². The second-order valence-electron chi connectivity index (χ2n) is 11.3. The quantitative estimate of drug-likeness (QED) is 0.165. The highest BCUT2D eigenvalue weighted by atomic mass is 17.0. The van der Waals surface area contributed by atoms with Gasteiger partial charge >= 0.3 is 6.16 Å². The van der Waals surface area contributed by atoms with Crippen molar-refractivity contribution in [2.75, 3.05) is 0 Å². The zero-order valence-electron chi connectivity index (χ0n) is 27.6. The molecule has 1 spiro atoms. The molecule has 2 aliphatic heterocycles. The normalized spacial score (nSPS) is 15.3. The lowest BCUT2D eigenvalue weighted by Gasteiger charge is -2.33. The van der Waals surface area contributed by atoms with Crippen LogP contribution in [0, 0.1) is 56.7 Å². The van der Waals surface area contributed by atoms with E-state index in [0.29, 0.717) is 12.8 Å². The van der Waals surface area contributed by atoms with Crippen LogP contribution in [0.3, 0.4) is 0 Å². The van der Waals surface area contributed by atoms with Gasteiger partial charge in [0.05, 0.1) is 9.85 Å². The number of nitro benzene ring substituents is 2. The molecule has 0 saturated heterocycles. The van der Waals surface area contributed by atoms with Gasteiger partial charge in [-0.3, -0.25) is 39.0 Å². The highest BCUT2D eigenvalue weighted by Gasteiger charge is 2.49. The Labute approximate surface area is 291 Å². The van der Waals surface area contributed by atoms with E-state index in [4.69, 9.17) is 18.9 Å². The SMILES string of the molecule is CCCCn1c2c(c(C)c(C#N)c1=O)N=Nc1cc([N+](=O)[O-])ccc1OC1(Oc3ccc([N+](=O)[O-])cc3N=Nc3c(C)c(C#N)c(=O)n(C)c3O1)O2. The van der Waals surface area contributed by atoms with Crippen molar-refractivity contribution in [3.05, 3.63) is 99.6 Å². The summed E-state index contributed by atoms with van der Waals surface area (Å²) in [6.07, 6.45) is -2.01. The number of ether oxygens (including phenoxy) is 4. The number of aromatic nitrogens is 2. The molecule has 0 radical (unpaired) electrons. The van der Waals surface area contributed by atoms with Crippen LogP contribution in [-0.2, 0) is 13.6 Å². The van der Waals surface area contributed by atoms with E-state index < -0.39 is 50.3 Å². The third-order valence-electron chi connectivity index (χ3n) is 8.09. The molecule has 4 aromatic rings. The monoisotopic (exact) mass is 708 g/mol. The fraction of sp³-hybridized carbons (Fsp3) is 0.250. The average Bonchev–Trinajstić information content (AvgIpc) is 3.22. The number of hydrogen-bond acceptors (Lipinski definition) is 16. The largest absolute Gasteiger partial charge is 0.613 e. The third kappa shape index (κ3) is 5.79. The van der Waals surface area contributed by atoms with Crippen LogP contribution in [0.1, 0.15) is 42.0 Å². The van der Waals surface area contributed by atoms with Gasteiger partial charge < -0.3 is 18.9 Å². The number of azo groups is 2. The summed E-state index contributed by atoms with van der Waals surface area (Å²) in [5.74, 6) is -1.43. The van der Waals surface area contributed by atoms with Gasteiger partial charge in [0.15, 0.2) is 22.9 Å². The molecule has 2 aromatic heterocycles. The molecular weight excluding hydrogens is 684 g/mol. The fourth-order valence-electron chi connectivity index (χ4n) is 5.30. The molecule has 262 valence electrons. The number of non-ortho nitro benzene ring substituents is 2. The van der Waals surface area contributed by atoms with Crippen LogP contribution in [0.15, 0.2) is 66.4 Å². The van der Waals surface area contributed by atoms with Crippen molar-refractivity contribution in [2.45, 2.75) is 46.3 Å². The molecule has 0 fully saturated rings. The molecule has 20 nitrogen and oxygen atoms in total. The zero-order valence-corrected chi connectivity index (χ0v) is 27.6. The minimum Gasteiger partial charge on any atom is -0.384 e. The Bertz CT molecular complexity index is 2490. The molecular formula is C32H24N10O10. The summed E-state index contributed by atoms with van der Waals surface area (Å²) in [6, 6.07) is 10.2. The first kappa shape index (κ1) is 34.4. The van der Waals surface area contributed by atoms with E-state index in [1.165, 1.54) is 20.9 Å². The van der Waals surface area contributed by atoms with Gasteiger partial charge in [-0.05, 0) is 32.4 Å². The molecule has 1 unspecified atom stereocenters. The van der Waals surface area contributed by atoms with Crippen molar-refractivity contribution in [2.24, 2.45) is 27.5 Å². The predicted octanol–water partition coefficient (Wildman–Crippen LogP) is 6.21. The smallest absolute Gasteiger partial charge is 0.384 e. The van der Waals surface area contributed by atoms with E-state index in [2.05, 4.69) is 20.5 Å². The summed E-state index contributed by atoms with van der Waals surface area (Å²) in [5.41, 5.74) is -4.02. The molecule has 20 heteroatoms. The lowest BCUT2D eigenvalue weighted by atomic mass is 10.1. The van der Waals surface area contributed by atoms with Crippen LogP contribution >= 0.6 is 0 Å². The van der Waals surface area contributed by atoms with Crippen LogP contribution < -0.4 is 30.1 Å². The highest BCUT2D eigenvalue weighted by Crippen LogP contribution is 2.46. The number of benzene rings is 2. The van der Waals surface area contributed by atoms with Gasteiger partial charge in [0.25, 0.3) is 22.5 Å². The average molecular weight is 709 g/mol. The molecule has 0 saturated carbocycles. The Hall–Kier alpha value is -7.48. The van der Waals surface area contributed by atoms with Gasteiger partial charge in [-0.15, -0.1) is 20.5 Å². The summed E-state index contributed by atoms with van der Waals surface area (Å²) in [6.45, 7) is 4.64. The van der Waals surface area contributed by atoms with Gasteiger partial charge in [0.1, 0.15) is 34.6 Å².